The quantitative estimate of drug-likeness (QED) is 0.891. The van der Waals surface area contributed by atoms with Crippen LogP contribution in [0.15, 0.2) is 36.8 Å². The van der Waals surface area contributed by atoms with Crippen molar-refractivity contribution in [1.29, 1.82) is 0 Å². The topological polar surface area (TPSA) is 29.9 Å². The maximum atomic E-state index is 4.33. The average Bonchev–Trinajstić information content (AvgIpc) is 3.15. The number of benzene rings is 1. The molecule has 1 unspecified atom stereocenters. The van der Waals surface area contributed by atoms with Gasteiger partial charge in [0.25, 0.3) is 0 Å². The van der Waals surface area contributed by atoms with Crippen molar-refractivity contribution in [2.45, 2.75) is 31.8 Å². The normalized spacial score (nSPS) is 16.8. The first kappa shape index (κ1) is 11.5. The second-order valence-electron chi connectivity index (χ2n) is 5.01. The van der Waals surface area contributed by atoms with Crippen LogP contribution in [0.4, 0.5) is 0 Å². The highest BCUT2D eigenvalue weighted by Crippen LogP contribution is 2.39. The average molecular weight is 241 g/mol. The molecule has 94 valence electrons. The zero-order valence-corrected chi connectivity index (χ0v) is 10.9. The molecule has 1 aromatic heterocycles. The maximum Gasteiger partial charge on any atom is 0.0953 e. The van der Waals surface area contributed by atoms with Crippen molar-refractivity contribution in [3.05, 3.63) is 42.4 Å². The van der Waals surface area contributed by atoms with E-state index in [9.17, 15) is 0 Å². The standard InChI is InChI=1S/C15H19N3/c1-11(16-2)13-5-3-4-6-14(13)15-9-17-10-18(15)12-7-8-12/h3-6,9-12,16H,7-8H2,1-2H3. The summed E-state index contributed by atoms with van der Waals surface area (Å²) >= 11 is 0. The van der Waals surface area contributed by atoms with Crippen LogP contribution >= 0.6 is 0 Å². The Morgan fingerprint density at radius 2 is 2.11 bits per heavy atom. The smallest absolute Gasteiger partial charge is 0.0953 e. The molecule has 0 radical (unpaired) electrons. The molecule has 1 aliphatic carbocycles. The highest BCUT2D eigenvalue weighted by Gasteiger charge is 2.26. The number of aromatic nitrogens is 2. The van der Waals surface area contributed by atoms with Crippen LogP contribution in [0.2, 0.25) is 0 Å². The largest absolute Gasteiger partial charge is 0.327 e. The predicted molar refractivity (Wildman–Crippen MR) is 73.4 cm³/mol. The van der Waals surface area contributed by atoms with Gasteiger partial charge in [0, 0.05) is 17.6 Å². The lowest BCUT2D eigenvalue weighted by atomic mass is 9.99. The third kappa shape index (κ3) is 1.95. The molecule has 1 heterocycles. The van der Waals surface area contributed by atoms with Crippen LogP contribution in [0.5, 0.6) is 0 Å². The molecule has 0 aliphatic heterocycles. The van der Waals surface area contributed by atoms with Crippen LogP contribution in [0.1, 0.15) is 37.4 Å². The highest BCUT2D eigenvalue weighted by molar-refractivity contribution is 5.64. The van der Waals surface area contributed by atoms with Gasteiger partial charge in [-0.3, -0.25) is 0 Å². The molecule has 0 amide bonds. The second kappa shape index (κ2) is 4.58. The van der Waals surface area contributed by atoms with E-state index in [-0.39, 0.29) is 0 Å². The fourth-order valence-electron chi connectivity index (χ4n) is 2.42. The van der Waals surface area contributed by atoms with Gasteiger partial charge < -0.3 is 9.88 Å². The van der Waals surface area contributed by atoms with E-state index >= 15 is 0 Å². The summed E-state index contributed by atoms with van der Waals surface area (Å²) in [6.45, 7) is 2.19. The SMILES string of the molecule is CNC(C)c1ccccc1-c1cncn1C1CC1. The van der Waals surface area contributed by atoms with Gasteiger partial charge in [0.1, 0.15) is 0 Å². The van der Waals surface area contributed by atoms with Crippen molar-refractivity contribution >= 4 is 0 Å². The van der Waals surface area contributed by atoms with Crippen LogP contribution in [0.3, 0.4) is 0 Å². The molecule has 1 atom stereocenters. The molecular formula is C15H19N3. The van der Waals surface area contributed by atoms with Crippen molar-refractivity contribution in [3.63, 3.8) is 0 Å². The van der Waals surface area contributed by atoms with Crippen LogP contribution < -0.4 is 5.32 Å². The molecule has 1 saturated carbocycles. The van der Waals surface area contributed by atoms with Crippen LogP contribution in [-0.4, -0.2) is 16.6 Å². The molecular weight excluding hydrogens is 222 g/mol. The third-order valence-electron chi connectivity index (χ3n) is 3.74. The Bertz CT molecular complexity index is 540. The zero-order chi connectivity index (χ0) is 12.5. The molecule has 1 aliphatic rings. The predicted octanol–water partition coefficient (Wildman–Crippen LogP) is 3.17. The van der Waals surface area contributed by atoms with Gasteiger partial charge in [-0.2, -0.15) is 0 Å². The van der Waals surface area contributed by atoms with Crippen molar-refractivity contribution in [2.24, 2.45) is 0 Å². The van der Waals surface area contributed by atoms with Gasteiger partial charge >= 0.3 is 0 Å². The summed E-state index contributed by atoms with van der Waals surface area (Å²) in [6.07, 6.45) is 6.52. The molecule has 0 spiro atoms. The summed E-state index contributed by atoms with van der Waals surface area (Å²) in [6, 6.07) is 9.61. The number of hydrogen-bond acceptors (Lipinski definition) is 2. The Labute approximate surface area is 108 Å². The minimum Gasteiger partial charge on any atom is -0.327 e. The molecule has 1 aromatic carbocycles. The minimum absolute atomic E-state index is 0.351. The number of imidazole rings is 1. The Balaban J connectivity index is 2.07. The van der Waals surface area contributed by atoms with E-state index in [4.69, 9.17) is 0 Å². The van der Waals surface area contributed by atoms with Gasteiger partial charge in [0.2, 0.25) is 0 Å². The first-order valence-corrected chi connectivity index (χ1v) is 6.59. The molecule has 1 fully saturated rings. The van der Waals surface area contributed by atoms with E-state index in [1.165, 1.54) is 29.7 Å². The summed E-state index contributed by atoms with van der Waals surface area (Å²) < 4.78 is 2.32. The second-order valence-corrected chi connectivity index (χ2v) is 5.01. The summed E-state index contributed by atoms with van der Waals surface area (Å²) in [4.78, 5) is 4.33. The Hall–Kier alpha value is -1.61. The lowest BCUT2D eigenvalue weighted by Crippen LogP contribution is -2.13. The van der Waals surface area contributed by atoms with Crippen LogP contribution in [0.25, 0.3) is 11.3 Å². The number of nitrogens with one attached hydrogen (secondary N) is 1. The van der Waals surface area contributed by atoms with Crippen molar-refractivity contribution < 1.29 is 0 Å². The van der Waals surface area contributed by atoms with E-state index in [1.807, 2.05) is 19.6 Å². The summed E-state index contributed by atoms with van der Waals surface area (Å²) in [5.41, 5.74) is 3.88. The van der Waals surface area contributed by atoms with Gasteiger partial charge in [-0.15, -0.1) is 0 Å². The highest BCUT2D eigenvalue weighted by atomic mass is 15.1. The third-order valence-corrected chi connectivity index (χ3v) is 3.74. The molecule has 18 heavy (non-hydrogen) atoms. The first-order chi connectivity index (χ1) is 8.81. The van der Waals surface area contributed by atoms with E-state index < -0.39 is 0 Å². The van der Waals surface area contributed by atoms with Gasteiger partial charge in [-0.1, -0.05) is 24.3 Å². The Morgan fingerprint density at radius 3 is 2.83 bits per heavy atom. The molecule has 3 rings (SSSR count). The molecule has 1 N–H and O–H groups in total. The fraction of sp³-hybridized carbons (Fsp3) is 0.400. The summed E-state index contributed by atoms with van der Waals surface area (Å²) in [5.74, 6) is 0. The van der Waals surface area contributed by atoms with Gasteiger partial charge in [-0.05, 0) is 32.4 Å². The van der Waals surface area contributed by atoms with E-state index in [0.717, 1.165) is 0 Å². The lowest BCUT2D eigenvalue weighted by molar-refractivity contribution is 0.652. The molecule has 2 aromatic rings. The summed E-state index contributed by atoms with van der Waals surface area (Å²) in [5, 5.41) is 3.32. The number of hydrogen-bond donors (Lipinski definition) is 1. The van der Waals surface area contributed by atoms with E-state index in [0.29, 0.717) is 12.1 Å². The molecule has 3 nitrogen and oxygen atoms in total. The van der Waals surface area contributed by atoms with Crippen molar-refractivity contribution in [3.8, 4) is 11.3 Å². The Morgan fingerprint density at radius 1 is 1.33 bits per heavy atom. The van der Waals surface area contributed by atoms with Crippen molar-refractivity contribution in [2.75, 3.05) is 7.05 Å². The molecule has 0 bridgehead atoms. The molecule has 3 heteroatoms. The summed E-state index contributed by atoms with van der Waals surface area (Å²) in [7, 11) is 2.00. The van der Waals surface area contributed by atoms with Gasteiger partial charge in [0.05, 0.1) is 18.2 Å². The fourth-order valence-corrected chi connectivity index (χ4v) is 2.42. The maximum absolute atomic E-state index is 4.33. The molecule has 0 saturated heterocycles. The van der Waals surface area contributed by atoms with Gasteiger partial charge in [-0.25, -0.2) is 4.98 Å². The van der Waals surface area contributed by atoms with Gasteiger partial charge in [0.15, 0.2) is 0 Å². The van der Waals surface area contributed by atoms with Crippen LogP contribution in [0, 0.1) is 0 Å². The first-order valence-electron chi connectivity index (χ1n) is 6.59. The van der Waals surface area contributed by atoms with E-state index in [2.05, 4.69) is 46.1 Å². The zero-order valence-electron chi connectivity index (χ0n) is 10.9. The monoisotopic (exact) mass is 241 g/mol. The number of nitrogens with zero attached hydrogens (tertiary/aromatic N) is 2. The number of rotatable bonds is 4. The van der Waals surface area contributed by atoms with Crippen LogP contribution in [-0.2, 0) is 0 Å². The van der Waals surface area contributed by atoms with Crippen molar-refractivity contribution in [1.82, 2.24) is 14.9 Å². The van der Waals surface area contributed by atoms with E-state index in [1.54, 1.807) is 0 Å². The Kier molecular flexibility index (Phi) is 2.92. The lowest BCUT2D eigenvalue weighted by Gasteiger charge is -2.16. The minimum atomic E-state index is 0.351.